The standard InChI is InChI=1S/C34H39N9O/c1-33(2,3)24-18-22(26(35)28(24)42-40-20-14-10-8-11-15-20)30-37-31(39-32(38-30)44-7)23-19-25(34(4,5)6)29(27(23)36)43-41-21-16-12-9-13-17-21/h8-19,22-23H,35-36H2,1-7H3/b42-40+,43-41+. The number of benzene rings is 2. The van der Waals surface area contributed by atoms with E-state index in [2.05, 4.69) is 84.1 Å². The topological polar surface area (TPSA) is 149 Å². The zero-order chi connectivity index (χ0) is 31.6. The first-order valence-electron chi connectivity index (χ1n) is 14.5. The molecule has 2 aromatic carbocycles. The number of hydrogen-bond acceptors (Lipinski definition) is 10. The van der Waals surface area contributed by atoms with E-state index in [1.807, 2.05) is 60.7 Å². The molecule has 0 fully saturated rings. The molecule has 0 amide bonds. The predicted molar refractivity (Wildman–Crippen MR) is 171 cm³/mol. The van der Waals surface area contributed by atoms with Crippen molar-refractivity contribution < 1.29 is 4.74 Å². The quantitative estimate of drug-likeness (QED) is 0.267. The summed E-state index contributed by atoms with van der Waals surface area (Å²) in [6.45, 7) is 12.7. The van der Waals surface area contributed by atoms with E-state index in [9.17, 15) is 0 Å². The van der Waals surface area contributed by atoms with Gasteiger partial charge in [-0.05, 0) is 46.2 Å². The first kappa shape index (κ1) is 30.5. The zero-order valence-corrected chi connectivity index (χ0v) is 26.3. The smallest absolute Gasteiger partial charge is 0.319 e. The van der Waals surface area contributed by atoms with Crippen LogP contribution in [0.1, 0.15) is 65.0 Å². The number of hydrogen-bond donors (Lipinski definition) is 2. The van der Waals surface area contributed by atoms with Crippen LogP contribution in [-0.4, -0.2) is 22.1 Å². The van der Waals surface area contributed by atoms with Crippen molar-refractivity contribution in [2.75, 3.05) is 7.11 Å². The summed E-state index contributed by atoms with van der Waals surface area (Å²) in [7, 11) is 1.52. The lowest BCUT2D eigenvalue weighted by atomic mass is 9.85. The van der Waals surface area contributed by atoms with Crippen LogP contribution in [0.5, 0.6) is 6.01 Å². The summed E-state index contributed by atoms with van der Waals surface area (Å²) in [6, 6.07) is 19.3. The molecule has 2 unspecified atom stereocenters. The first-order valence-corrected chi connectivity index (χ1v) is 14.5. The van der Waals surface area contributed by atoms with Crippen LogP contribution in [0.25, 0.3) is 0 Å². The molecular weight excluding hydrogens is 550 g/mol. The Hall–Kier alpha value is -4.99. The summed E-state index contributed by atoms with van der Waals surface area (Å²) in [4.78, 5) is 14.2. The minimum absolute atomic E-state index is 0.167. The number of methoxy groups -OCH3 is 1. The molecule has 10 nitrogen and oxygen atoms in total. The molecule has 2 atom stereocenters. The molecule has 0 radical (unpaired) electrons. The first-order chi connectivity index (χ1) is 20.9. The number of rotatable bonds is 7. The molecular formula is C34H39N9O. The van der Waals surface area contributed by atoms with Crippen molar-refractivity contribution in [3.8, 4) is 6.01 Å². The van der Waals surface area contributed by atoms with E-state index in [0.717, 1.165) is 22.5 Å². The second-order valence-corrected chi connectivity index (χ2v) is 12.8. The van der Waals surface area contributed by atoms with E-state index in [1.165, 1.54) is 7.11 Å². The van der Waals surface area contributed by atoms with Gasteiger partial charge in [0.1, 0.15) is 23.0 Å². The van der Waals surface area contributed by atoms with Crippen molar-refractivity contribution in [1.82, 2.24) is 15.0 Å². The highest BCUT2D eigenvalue weighted by Crippen LogP contribution is 2.46. The van der Waals surface area contributed by atoms with Gasteiger partial charge in [0, 0.05) is 0 Å². The van der Waals surface area contributed by atoms with Crippen LogP contribution < -0.4 is 16.2 Å². The number of allylic oxidation sites excluding steroid dienone is 4. The molecule has 0 saturated carbocycles. The van der Waals surface area contributed by atoms with Crippen LogP contribution in [0.2, 0.25) is 0 Å². The van der Waals surface area contributed by atoms with Gasteiger partial charge in [-0.3, -0.25) is 0 Å². The molecule has 44 heavy (non-hydrogen) atoms. The lowest BCUT2D eigenvalue weighted by Gasteiger charge is -2.20. The molecule has 10 heteroatoms. The van der Waals surface area contributed by atoms with Gasteiger partial charge in [-0.2, -0.15) is 20.2 Å². The Kier molecular flexibility index (Phi) is 8.27. The number of aromatic nitrogens is 3. The van der Waals surface area contributed by atoms with Gasteiger partial charge in [0.05, 0.1) is 41.7 Å². The van der Waals surface area contributed by atoms with Crippen LogP contribution in [0.3, 0.4) is 0 Å². The third kappa shape index (κ3) is 6.34. The normalized spacial score (nSPS) is 19.3. The minimum atomic E-state index is -0.459. The number of azo groups is 2. The van der Waals surface area contributed by atoms with Crippen LogP contribution in [0.15, 0.2) is 127 Å². The van der Waals surface area contributed by atoms with Gasteiger partial charge in [0.2, 0.25) is 0 Å². The third-order valence-electron chi connectivity index (χ3n) is 7.44. The van der Waals surface area contributed by atoms with Gasteiger partial charge in [-0.1, -0.05) is 90.1 Å². The highest BCUT2D eigenvalue weighted by molar-refractivity contribution is 5.52. The maximum absolute atomic E-state index is 6.78. The van der Waals surface area contributed by atoms with E-state index in [-0.39, 0.29) is 16.8 Å². The zero-order valence-electron chi connectivity index (χ0n) is 26.3. The largest absolute Gasteiger partial charge is 0.467 e. The summed E-state index contributed by atoms with van der Waals surface area (Å²) in [5.74, 6) is -0.0400. The Morgan fingerprint density at radius 2 is 0.977 bits per heavy atom. The molecule has 5 rings (SSSR count). The Bertz CT molecular complexity index is 1600. The molecule has 3 aromatic rings. The maximum Gasteiger partial charge on any atom is 0.319 e. The van der Waals surface area contributed by atoms with Gasteiger partial charge in [0.25, 0.3) is 0 Å². The molecule has 4 N–H and O–H groups in total. The van der Waals surface area contributed by atoms with Crippen molar-refractivity contribution in [2.45, 2.75) is 53.4 Å². The minimum Gasteiger partial charge on any atom is -0.467 e. The second kappa shape index (κ2) is 11.9. The van der Waals surface area contributed by atoms with Gasteiger partial charge >= 0.3 is 6.01 Å². The van der Waals surface area contributed by atoms with Crippen molar-refractivity contribution in [3.63, 3.8) is 0 Å². The van der Waals surface area contributed by atoms with Crippen molar-refractivity contribution >= 4 is 11.4 Å². The van der Waals surface area contributed by atoms with Gasteiger partial charge in [-0.15, -0.1) is 10.2 Å². The summed E-state index contributed by atoms with van der Waals surface area (Å²) >= 11 is 0. The van der Waals surface area contributed by atoms with Crippen LogP contribution >= 0.6 is 0 Å². The molecule has 2 aliphatic carbocycles. The third-order valence-corrected chi connectivity index (χ3v) is 7.44. The molecule has 0 spiro atoms. The van der Waals surface area contributed by atoms with Crippen molar-refractivity contribution in [1.29, 1.82) is 0 Å². The highest BCUT2D eigenvalue weighted by atomic mass is 16.5. The Labute approximate surface area is 258 Å². The van der Waals surface area contributed by atoms with E-state index in [4.69, 9.17) is 21.2 Å². The molecule has 0 saturated heterocycles. The van der Waals surface area contributed by atoms with Gasteiger partial charge in [0.15, 0.2) is 0 Å². The monoisotopic (exact) mass is 589 g/mol. The predicted octanol–water partition coefficient (Wildman–Crippen LogP) is 7.93. The van der Waals surface area contributed by atoms with Gasteiger partial charge < -0.3 is 16.2 Å². The second-order valence-electron chi connectivity index (χ2n) is 12.8. The fourth-order valence-electron chi connectivity index (χ4n) is 5.10. The summed E-state index contributed by atoms with van der Waals surface area (Å²) in [6.07, 6.45) is 4.11. The summed E-state index contributed by atoms with van der Waals surface area (Å²) in [5, 5.41) is 18.1. The van der Waals surface area contributed by atoms with Crippen LogP contribution in [0.4, 0.5) is 11.4 Å². The highest BCUT2D eigenvalue weighted by Gasteiger charge is 2.37. The average molecular weight is 590 g/mol. The summed E-state index contributed by atoms with van der Waals surface area (Å²) < 4.78 is 5.54. The van der Waals surface area contributed by atoms with E-state index >= 15 is 0 Å². The Morgan fingerprint density at radius 1 is 0.591 bits per heavy atom. The number of ether oxygens (including phenoxy) is 1. The fraction of sp³-hybridized carbons (Fsp3) is 0.324. The molecule has 0 bridgehead atoms. The molecule has 1 heterocycles. The number of nitrogens with two attached hydrogens (primary N) is 2. The van der Waals surface area contributed by atoms with E-state index in [0.29, 0.717) is 34.4 Å². The number of nitrogens with zero attached hydrogens (tertiary/aromatic N) is 7. The lowest BCUT2D eigenvalue weighted by Crippen LogP contribution is -2.17. The molecule has 0 aliphatic heterocycles. The SMILES string of the molecule is COc1nc(C2C=C(C(C)(C)C)C(/N=N/c3ccccc3)=C2N)nc(C2C=C(C(C)(C)C)C(/N=N/c3ccccc3)=C2N)n1. The van der Waals surface area contributed by atoms with E-state index in [1.54, 1.807) is 0 Å². The molecule has 1 aromatic heterocycles. The molecule has 2 aliphatic rings. The fourth-order valence-corrected chi connectivity index (χ4v) is 5.10. The van der Waals surface area contributed by atoms with Crippen LogP contribution in [-0.2, 0) is 0 Å². The summed E-state index contributed by atoms with van der Waals surface area (Å²) in [5.41, 5.74) is 18.7. The Balaban J connectivity index is 1.58. The van der Waals surface area contributed by atoms with Crippen LogP contribution in [0, 0.1) is 10.8 Å². The lowest BCUT2D eigenvalue weighted by molar-refractivity contribution is 0.372. The Morgan fingerprint density at radius 3 is 1.32 bits per heavy atom. The average Bonchev–Trinajstić information content (AvgIpc) is 3.52. The van der Waals surface area contributed by atoms with Crippen molar-refractivity contribution in [2.24, 2.45) is 42.8 Å². The maximum atomic E-state index is 6.78. The van der Waals surface area contributed by atoms with Crippen molar-refractivity contribution in [3.05, 3.63) is 118 Å². The molecule has 226 valence electrons. The van der Waals surface area contributed by atoms with Gasteiger partial charge in [-0.25, -0.2) is 4.98 Å². The van der Waals surface area contributed by atoms with E-state index < -0.39 is 11.8 Å².